The van der Waals surface area contributed by atoms with E-state index in [1.54, 1.807) is 13.8 Å². The van der Waals surface area contributed by atoms with Crippen LogP contribution in [0.25, 0.3) is 0 Å². The molecule has 1 aromatic rings. The number of halogens is 3. The van der Waals surface area contributed by atoms with Gasteiger partial charge in [-0.05, 0) is 26.7 Å². The highest BCUT2D eigenvalue weighted by Gasteiger charge is 2.31. The lowest BCUT2D eigenvalue weighted by Gasteiger charge is -2.19. The molecule has 23 heavy (non-hydrogen) atoms. The number of aryl methyl sites for hydroxylation is 1. The molecule has 0 aliphatic heterocycles. The Labute approximate surface area is 132 Å². The lowest BCUT2D eigenvalue weighted by atomic mass is 10.0. The summed E-state index contributed by atoms with van der Waals surface area (Å²) in [5.74, 6) is -0.179. The minimum atomic E-state index is -4.35. The number of aliphatic hydroxyl groups excluding tert-OH is 1. The van der Waals surface area contributed by atoms with Crippen molar-refractivity contribution in [1.29, 1.82) is 0 Å². The first-order chi connectivity index (χ1) is 10.7. The monoisotopic (exact) mass is 333 g/mol. The van der Waals surface area contributed by atoms with Gasteiger partial charge in [0.2, 0.25) is 5.91 Å². The lowest BCUT2D eigenvalue weighted by Crippen LogP contribution is -2.39. The van der Waals surface area contributed by atoms with Gasteiger partial charge in [0.25, 0.3) is 0 Å². The summed E-state index contributed by atoms with van der Waals surface area (Å²) < 4.78 is 38.4. The molecule has 5 nitrogen and oxygen atoms in total. The smallest absolute Gasteiger partial charge is 0.396 e. The number of aromatic nitrogens is 2. The van der Waals surface area contributed by atoms with Crippen LogP contribution in [0, 0.1) is 19.8 Å². The van der Waals surface area contributed by atoms with Gasteiger partial charge in [0.1, 0.15) is 6.54 Å². The summed E-state index contributed by atoms with van der Waals surface area (Å²) in [6, 6.07) is -0.0571. The molecule has 8 heteroatoms. The standard InChI is InChI=1S/C15H22F3N3O2/c1-9-12(10(2)21(20-9)8-15(16,17)18)6-14(23)19-13-5-3-4-11(13)7-22/h11,13,22H,3-8H2,1-2H3,(H,19,23)/t11-,13-/m1/s1. The van der Waals surface area contributed by atoms with Gasteiger partial charge >= 0.3 is 6.18 Å². The zero-order chi connectivity index (χ0) is 17.2. The van der Waals surface area contributed by atoms with E-state index in [0.29, 0.717) is 17.0 Å². The van der Waals surface area contributed by atoms with E-state index in [-0.39, 0.29) is 30.9 Å². The number of hydrogen-bond donors (Lipinski definition) is 2. The third-order valence-electron chi connectivity index (χ3n) is 4.44. The van der Waals surface area contributed by atoms with Gasteiger partial charge in [-0.15, -0.1) is 0 Å². The van der Waals surface area contributed by atoms with Crippen molar-refractivity contribution in [3.8, 4) is 0 Å². The highest BCUT2D eigenvalue weighted by Crippen LogP contribution is 2.25. The van der Waals surface area contributed by atoms with E-state index in [9.17, 15) is 23.1 Å². The minimum Gasteiger partial charge on any atom is -0.396 e. The van der Waals surface area contributed by atoms with Crippen LogP contribution in [0.5, 0.6) is 0 Å². The minimum absolute atomic E-state index is 0.00414. The van der Waals surface area contributed by atoms with Crippen molar-refractivity contribution in [2.24, 2.45) is 5.92 Å². The number of alkyl halides is 3. The molecule has 0 saturated heterocycles. The molecule has 1 fully saturated rings. The second kappa shape index (κ2) is 6.90. The van der Waals surface area contributed by atoms with Crippen molar-refractivity contribution in [2.75, 3.05) is 6.61 Å². The van der Waals surface area contributed by atoms with E-state index in [2.05, 4.69) is 10.4 Å². The van der Waals surface area contributed by atoms with Crippen LogP contribution >= 0.6 is 0 Å². The van der Waals surface area contributed by atoms with Gasteiger partial charge in [-0.1, -0.05) is 6.42 Å². The topological polar surface area (TPSA) is 67.2 Å². The zero-order valence-corrected chi connectivity index (χ0v) is 13.3. The Morgan fingerprint density at radius 2 is 2.09 bits per heavy atom. The fourth-order valence-corrected chi connectivity index (χ4v) is 3.18. The van der Waals surface area contributed by atoms with Crippen molar-refractivity contribution < 1.29 is 23.1 Å². The Kier molecular flexibility index (Phi) is 5.33. The second-order valence-electron chi connectivity index (χ2n) is 6.15. The molecule has 2 N–H and O–H groups in total. The number of amides is 1. The molecule has 0 bridgehead atoms. The van der Waals surface area contributed by atoms with Crippen molar-refractivity contribution in [1.82, 2.24) is 15.1 Å². The number of rotatable bonds is 5. The number of nitrogens with one attached hydrogen (secondary N) is 1. The molecule has 1 aromatic heterocycles. The lowest BCUT2D eigenvalue weighted by molar-refractivity contribution is -0.143. The van der Waals surface area contributed by atoms with E-state index >= 15 is 0 Å². The summed E-state index contributed by atoms with van der Waals surface area (Å²) in [7, 11) is 0. The fraction of sp³-hybridized carbons (Fsp3) is 0.733. The molecule has 130 valence electrons. The van der Waals surface area contributed by atoms with Gasteiger partial charge in [0.15, 0.2) is 0 Å². The van der Waals surface area contributed by atoms with Crippen LogP contribution < -0.4 is 5.32 Å². The first-order valence-corrected chi connectivity index (χ1v) is 7.71. The predicted molar refractivity (Wildman–Crippen MR) is 77.8 cm³/mol. The maximum Gasteiger partial charge on any atom is 0.408 e. The third kappa shape index (κ3) is 4.46. The van der Waals surface area contributed by atoms with Crippen LogP contribution in [-0.4, -0.2) is 39.6 Å². The fourth-order valence-electron chi connectivity index (χ4n) is 3.18. The van der Waals surface area contributed by atoms with E-state index in [4.69, 9.17) is 0 Å². The summed E-state index contributed by atoms with van der Waals surface area (Å²) in [5, 5.41) is 16.0. The predicted octanol–water partition coefficient (Wildman–Crippen LogP) is 1.88. The van der Waals surface area contributed by atoms with E-state index < -0.39 is 12.7 Å². The van der Waals surface area contributed by atoms with Gasteiger partial charge in [0, 0.05) is 29.8 Å². The van der Waals surface area contributed by atoms with Gasteiger partial charge in [-0.3, -0.25) is 9.48 Å². The molecule has 1 aliphatic carbocycles. The molecule has 2 rings (SSSR count). The van der Waals surface area contributed by atoms with Crippen molar-refractivity contribution >= 4 is 5.91 Å². The molecule has 0 spiro atoms. The SMILES string of the molecule is Cc1nn(CC(F)(F)F)c(C)c1CC(=O)N[C@@H]1CCC[C@@H]1CO. The first-order valence-electron chi connectivity index (χ1n) is 7.71. The van der Waals surface area contributed by atoms with Crippen LogP contribution in [-0.2, 0) is 17.8 Å². The van der Waals surface area contributed by atoms with E-state index in [1.165, 1.54) is 0 Å². The highest BCUT2D eigenvalue weighted by atomic mass is 19.4. The van der Waals surface area contributed by atoms with Gasteiger partial charge < -0.3 is 10.4 Å². The van der Waals surface area contributed by atoms with E-state index in [0.717, 1.165) is 23.9 Å². The quantitative estimate of drug-likeness (QED) is 0.865. The van der Waals surface area contributed by atoms with E-state index in [1.807, 2.05) is 0 Å². The van der Waals surface area contributed by atoms with Crippen molar-refractivity contribution in [2.45, 2.75) is 58.3 Å². The normalized spacial score (nSPS) is 21.7. The number of hydrogen-bond acceptors (Lipinski definition) is 3. The number of nitrogens with zero attached hydrogens (tertiary/aromatic N) is 2. The number of aliphatic hydroxyl groups is 1. The molecular weight excluding hydrogens is 311 g/mol. The van der Waals surface area contributed by atoms with Gasteiger partial charge in [-0.2, -0.15) is 18.3 Å². The van der Waals surface area contributed by atoms with Crippen LogP contribution in [0.15, 0.2) is 0 Å². The number of carbonyl (C=O) groups is 1. The molecule has 1 heterocycles. The summed E-state index contributed by atoms with van der Waals surface area (Å²) in [5.41, 5.74) is 1.33. The summed E-state index contributed by atoms with van der Waals surface area (Å²) in [4.78, 5) is 12.2. The van der Waals surface area contributed by atoms with Crippen LogP contribution in [0.4, 0.5) is 13.2 Å². The molecule has 1 saturated carbocycles. The molecule has 1 aliphatic rings. The van der Waals surface area contributed by atoms with Crippen LogP contribution in [0.2, 0.25) is 0 Å². The molecule has 2 atom stereocenters. The molecule has 0 unspecified atom stereocenters. The molecule has 1 amide bonds. The Morgan fingerprint density at radius 3 is 2.70 bits per heavy atom. The average Bonchev–Trinajstić information content (AvgIpc) is 2.97. The van der Waals surface area contributed by atoms with Gasteiger partial charge in [-0.25, -0.2) is 0 Å². The molecule has 0 radical (unpaired) electrons. The van der Waals surface area contributed by atoms with Crippen molar-refractivity contribution in [3.63, 3.8) is 0 Å². The Hall–Kier alpha value is -1.57. The largest absolute Gasteiger partial charge is 0.408 e. The summed E-state index contributed by atoms with van der Waals surface area (Å²) in [6.45, 7) is 2.03. The highest BCUT2D eigenvalue weighted by molar-refractivity contribution is 5.79. The maximum absolute atomic E-state index is 12.5. The van der Waals surface area contributed by atoms with Crippen molar-refractivity contribution in [3.05, 3.63) is 17.0 Å². The molecule has 0 aromatic carbocycles. The molecular formula is C15H22F3N3O2. The Balaban J connectivity index is 2.03. The first kappa shape index (κ1) is 17.8. The second-order valence-corrected chi connectivity index (χ2v) is 6.15. The summed E-state index contributed by atoms with van der Waals surface area (Å²) in [6.07, 6.45) is -1.69. The maximum atomic E-state index is 12.5. The van der Waals surface area contributed by atoms with Crippen LogP contribution in [0.1, 0.15) is 36.2 Å². The number of carbonyl (C=O) groups excluding carboxylic acids is 1. The third-order valence-corrected chi connectivity index (χ3v) is 4.44. The van der Waals surface area contributed by atoms with Gasteiger partial charge in [0.05, 0.1) is 12.1 Å². The average molecular weight is 333 g/mol. The Morgan fingerprint density at radius 1 is 1.39 bits per heavy atom. The zero-order valence-electron chi connectivity index (χ0n) is 13.3. The van der Waals surface area contributed by atoms with Crippen LogP contribution in [0.3, 0.4) is 0 Å². The Bertz CT molecular complexity index is 569. The summed E-state index contributed by atoms with van der Waals surface area (Å²) >= 11 is 0.